The smallest absolute Gasteiger partial charge is 0.263 e. The molecule has 0 unspecified atom stereocenters. The molecule has 2 aromatic carbocycles. The summed E-state index contributed by atoms with van der Waals surface area (Å²) in [7, 11) is 0. The number of amides is 2. The Morgan fingerprint density at radius 2 is 1.74 bits per heavy atom. The van der Waals surface area contributed by atoms with Crippen molar-refractivity contribution in [3.05, 3.63) is 105 Å². The highest BCUT2D eigenvalue weighted by molar-refractivity contribution is 5.94. The van der Waals surface area contributed by atoms with Crippen LogP contribution in [0.1, 0.15) is 39.9 Å². The predicted octanol–water partition coefficient (Wildman–Crippen LogP) is 3.51. The molecule has 0 atom stereocenters. The number of rotatable bonds is 6. The van der Waals surface area contributed by atoms with Crippen LogP contribution >= 0.6 is 0 Å². The molecule has 7 heteroatoms. The number of aromatic nitrogens is 1. The van der Waals surface area contributed by atoms with Crippen molar-refractivity contribution < 1.29 is 14.0 Å². The first-order valence-corrected chi connectivity index (χ1v) is 11.5. The number of likely N-dealkylation sites (tertiary alicyclic amines) is 1. The zero-order valence-electron chi connectivity index (χ0n) is 19.2. The summed E-state index contributed by atoms with van der Waals surface area (Å²) in [5.74, 6) is -0.911. The Morgan fingerprint density at radius 3 is 2.44 bits per heavy atom. The van der Waals surface area contributed by atoms with E-state index in [9.17, 15) is 18.8 Å². The molecule has 0 saturated carbocycles. The first-order chi connectivity index (χ1) is 16.4. The second kappa shape index (κ2) is 10.5. The van der Waals surface area contributed by atoms with E-state index < -0.39 is 0 Å². The summed E-state index contributed by atoms with van der Waals surface area (Å²) in [6.45, 7) is 3.17. The van der Waals surface area contributed by atoms with E-state index >= 15 is 0 Å². The van der Waals surface area contributed by atoms with Gasteiger partial charge in [-0.3, -0.25) is 14.4 Å². The van der Waals surface area contributed by atoms with Gasteiger partial charge in [-0.2, -0.15) is 0 Å². The molecule has 3 aromatic rings. The van der Waals surface area contributed by atoms with Crippen molar-refractivity contribution in [3.63, 3.8) is 0 Å². The molecule has 0 bridgehead atoms. The fourth-order valence-electron chi connectivity index (χ4n) is 4.20. The molecule has 1 aliphatic heterocycles. The van der Waals surface area contributed by atoms with Crippen molar-refractivity contribution in [2.24, 2.45) is 5.92 Å². The summed E-state index contributed by atoms with van der Waals surface area (Å²) in [6.07, 6.45) is 2.72. The molecule has 1 fully saturated rings. The van der Waals surface area contributed by atoms with Gasteiger partial charge >= 0.3 is 0 Å². The van der Waals surface area contributed by atoms with Gasteiger partial charge in [-0.15, -0.1) is 0 Å². The average molecular weight is 462 g/mol. The highest BCUT2D eigenvalue weighted by Crippen LogP contribution is 2.19. The van der Waals surface area contributed by atoms with Crippen molar-refractivity contribution in [2.45, 2.75) is 32.9 Å². The summed E-state index contributed by atoms with van der Waals surface area (Å²) >= 11 is 0. The van der Waals surface area contributed by atoms with Gasteiger partial charge in [-0.1, -0.05) is 42.5 Å². The molecular formula is C27H28FN3O3. The van der Waals surface area contributed by atoms with Crippen LogP contribution in [0.15, 0.2) is 71.7 Å². The maximum Gasteiger partial charge on any atom is 0.263 e. The van der Waals surface area contributed by atoms with Gasteiger partial charge < -0.3 is 14.8 Å². The van der Waals surface area contributed by atoms with Crippen molar-refractivity contribution >= 4 is 11.8 Å². The number of carbonyl (C=O) groups is 2. The minimum atomic E-state index is -0.318. The van der Waals surface area contributed by atoms with Gasteiger partial charge in [0.1, 0.15) is 11.4 Å². The fourth-order valence-corrected chi connectivity index (χ4v) is 4.20. The number of hydrogen-bond acceptors (Lipinski definition) is 3. The third-order valence-corrected chi connectivity index (χ3v) is 6.30. The lowest BCUT2D eigenvalue weighted by Crippen LogP contribution is -2.44. The van der Waals surface area contributed by atoms with Crippen molar-refractivity contribution in [1.82, 2.24) is 14.8 Å². The summed E-state index contributed by atoms with van der Waals surface area (Å²) in [6, 6.07) is 17.8. The number of nitrogens with one attached hydrogen (secondary N) is 1. The SMILES string of the molecule is Cc1ccc(CNC(=O)C2CCN(C(=O)c3cccn(Cc4ccccc4)c3=O)CC2)cc1F. The number of piperidine rings is 1. The third-order valence-electron chi connectivity index (χ3n) is 6.30. The number of pyridine rings is 1. The van der Waals surface area contributed by atoms with Crippen LogP contribution in [0.5, 0.6) is 0 Å². The van der Waals surface area contributed by atoms with Gasteiger partial charge in [0.2, 0.25) is 5.91 Å². The van der Waals surface area contributed by atoms with Crippen molar-refractivity contribution in [3.8, 4) is 0 Å². The number of carbonyl (C=O) groups excluding carboxylic acids is 2. The van der Waals surface area contributed by atoms with Crippen LogP contribution < -0.4 is 10.9 Å². The largest absolute Gasteiger partial charge is 0.352 e. The minimum Gasteiger partial charge on any atom is -0.352 e. The highest BCUT2D eigenvalue weighted by atomic mass is 19.1. The van der Waals surface area contributed by atoms with E-state index in [0.29, 0.717) is 43.6 Å². The molecule has 2 heterocycles. The summed E-state index contributed by atoms with van der Waals surface area (Å²) in [5.41, 5.74) is 2.08. The number of benzene rings is 2. The molecule has 1 saturated heterocycles. The monoisotopic (exact) mass is 461 g/mol. The zero-order valence-corrected chi connectivity index (χ0v) is 19.2. The molecule has 176 valence electrons. The van der Waals surface area contributed by atoms with Crippen LogP contribution in [0.2, 0.25) is 0 Å². The van der Waals surface area contributed by atoms with Crippen molar-refractivity contribution in [1.29, 1.82) is 0 Å². The van der Waals surface area contributed by atoms with E-state index in [1.54, 1.807) is 42.3 Å². The Morgan fingerprint density at radius 1 is 1.00 bits per heavy atom. The van der Waals surface area contributed by atoms with Gasteiger partial charge in [0.05, 0.1) is 6.54 Å². The second-order valence-corrected chi connectivity index (χ2v) is 8.71. The van der Waals surface area contributed by atoms with Crippen LogP contribution in [0.4, 0.5) is 4.39 Å². The molecule has 0 radical (unpaired) electrons. The lowest BCUT2D eigenvalue weighted by Gasteiger charge is -2.31. The van der Waals surface area contributed by atoms with Gasteiger partial charge in [-0.25, -0.2) is 4.39 Å². The summed E-state index contributed by atoms with van der Waals surface area (Å²) < 4.78 is 15.2. The normalized spacial score (nSPS) is 14.1. The van der Waals surface area contributed by atoms with Gasteiger partial charge in [0.25, 0.3) is 11.5 Å². The molecule has 1 N–H and O–H groups in total. The highest BCUT2D eigenvalue weighted by Gasteiger charge is 2.29. The van der Waals surface area contributed by atoms with Crippen LogP contribution in [0.25, 0.3) is 0 Å². The van der Waals surface area contributed by atoms with Gasteiger partial charge in [0, 0.05) is 31.7 Å². The fraction of sp³-hybridized carbons (Fsp3) is 0.296. The number of nitrogens with zero attached hydrogens (tertiary/aromatic N) is 2. The van der Waals surface area contributed by atoms with Gasteiger partial charge in [-0.05, 0) is 54.7 Å². The van der Waals surface area contributed by atoms with E-state index in [0.717, 1.165) is 5.56 Å². The molecule has 0 spiro atoms. The van der Waals surface area contributed by atoms with Crippen LogP contribution in [-0.4, -0.2) is 34.4 Å². The average Bonchev–Trinajstić information content (AvgIpc) is 2.86. The maximum atomic E-state index is 13.7. The molecule has 2 amide bonds. The van der Waals surface area contributed by atoms with Crippen LogP contribution in [0.3, 0.4) is 0 Å². The van der Waals surface area contributed by atoms with E-state index in [-0.39, 0.29) is 41.2 Å². The van der Waals surface area contributed by atoms with Crippen LogP contribution in [-0.2, 0) is 17.9 Å². The quantitative estimate of drug-likeness (QED) is 0.611. The summed E-state index contributed by atoms with van der Waals surface area (Å²) in [5, 5.41) is 2.87. The Balaban J connectivity index is 1.33. The van der Waals surface area contributed by atoms with Gasteiger partial charge in [0.15, 0.2) is 0 Å². The van der Waals surface area contributed by atoms with E-state index in [2.05, 4.69) is 5.32 Å². The molecule has 0 aliphatic carbocycles. The Hall–Kier alpha value is -3.74. The number of aryl methyl sites for hydroxylation is 1. The van der Waals surface area contributed by atoms with E-state index in [4.69, 9.17) is 0 Å². The summed E-state index contributed by atoms with van der Waals surface area (Å²) in [4.78, 5) is 40.2. The maximum absolute atomic E-state index is 13.7. The first kappa shape index (κ1) is 23.4. The Bertz CT molecular complexity index is 1230. The standard InChI is InChI=1S/C27H28FN3O3/c1-19-9-10-21(16-24(19)28)17-29-25(32)22-11-14-30(15-12-22)26(33)23-8-5-13-31(27(23)34)18-20-6-3-2-4-7-20/h2-10,13,16,22H,11-12,14-15,17-18H2,1H3,(H,29,32). The molecule has 1 aliphatic rings. The topological polar surface area (TPSA) is 71.4 Å². The van der Waals surface area contributed by atoms with Crippen LogP contribution in [0, 0.1) is 18.7 Å². The third kappa shape index (κ3) is 5.42. The molecular weight excluding hydrogens is 433 g/mol. The number of halogens is 1. The Labute approximate surface area is 198 Å². The molecule has 34 heavy (non-hydrogen) atoms. The minimum absolute atomic E-state index is 0.0991. The zero-order chi connectivity index (χ0) is 24.1. The molecule has 1 aromatic heterocycles. The molecule has 6 nitrogen and oxygen atoms in total. The Kier molecular flexibility index (Phi) is 7.21. The first-order valence-electron chi connectivity index (χ1n) is 11.5. The second-order valence-electron chi connectivity index (χ2n) is 8.71. The lowest BCUT2D eigenvalue weighted by molar-refractivity contribution is -0.126. The molecule has 4 rings (SSSR count). The van der Waals surface area contributed by atoms with E-state index in [1.165, 1.54) is 10.6 Å². The predicted molar refractivity (Wildman–Crippen MR) is 128 cm³/mol. The number of hydrogen-bond donors (Lipinski definition) is 1. The lowest BCUT2D eigenvalue weighted by atomic mass is 9.95. The van der Waals surface area contributed by atoms with E-state index in [1.807, 2.05) is 30.3 Å². The van der Waals surface area contributed by atoms with Crippen molar-refractivity contribution in [2.75, 3.05) is 13.1 Å².